The van der Waals surface area contributed by atoms with Gasteiger partial charge < -0.3 is 4.74 Å². The zero-order chi connectivity index (χ0) is 16.7. The summed E-state index contributed by atoms with van der Waals surface area (Å²) in [6.45, 7) is 2.54. The van der Waals surface area contributed by atoms with Crippen molar-refractivity contribution in [3.8, 4) is 0 Å². The van der Waals surface area contributed by atoms with Crippen molar-refractivity contribution in [1.29, 1.82) is 0 Å². The predicted molar refractivity (Wildman–Crippen MR) is 91.3 cm³/mol. The normalized spacial score (nSPS) is 10.5. The van der Waals surface area contributed by atoms with Crippen molar-refractivity contribution >= 4 is 21.9 Å². The first kappa shape index (κ1) is 17.4. The van der Waals surface area contributed by atoms with Gasteiger partial charge in [0, 0.05) is 29.1 Å². The second-order valence-electron chi connectivity index (χ2n) is 5.17. The molecule has 0 bridgehead atoms. The van der Waals surface area contributed by atoms with E-state index in [0.29, 0.717) is 24.9 Å². The van der Waals surface area contributed by atoms with Crippen LogP contribution in [0.5, 0.6) is 0 Å². The third-order valence-electron chi connectivity index (χ3n) is 3.30. The van der Waals surface area contributed by atoms with Crippen LogP contribution in [0.2, 0.25) is 0 Å². The number of halogens is 1. The maximum Gasteiger partial charge on any atom is 0.305 e. The van der Waals surface area contributed by atoms with Gasteiger partial charge in [0.2, 0.25) is 0 Å². The SMILES string of the molecule is CCCC(=O)OCCc1ccnn(Cc2cccc(Br)c2)c1=O. The summed E-state index contributed by atoms with van der Waals surface area (Å²) in [4.78, 5) is 23.7. The first-order chi connectivity index (χ1) is 11.1. The van der Waals surface area contributed by atoms with Crippen molar-refractivity contribution in [2.24, 2.45) is 0 Å². The summed E-state index contributed by atoms with van der Waals surface area (Å²) in [5, 5.41) is 4.12. The number of hydrogen-bond donors (Lipinski definition) is 0. The zero-order valence-electron chi connectivity index (χ0n) is 13.0. The zero-order valence-corrected chi connectivity index (χ0v) is 14.6. The Kier molecular flexibility index (Phi) is 6.52. The van der Waals surface area contributed by atoms with Gasteiger partial charge in [-0.25, -0.2) is 4.68 Å². The van der Waals surface area contributed by atoms with E-state index in [-0.39, 0.29) is 18.1 Å². The lowest BCUT2D eigenvalue weighted by molar-refractivity contribution is -0.143. The summed E-state index contributed by atoms with van der Waals surface area (Å²) in [5.74, 6) is -0.226. The molecule has 0 aliphatic rings. The molecular weight excluding hydrogens is 360 g/mol. The quantitative estimate of drug-likeness (QED) is 0.694. The van der Waals surface area contributed by atoms with Gasteiger partial charge in [0.05, 0.1) is 13.2 Å². The molecule has 0 radical (unpaired) electrons. The lowest BCUT2D eigenvalue weighted by Crippen LogP contribution is -2.27. The number of benzene rings is 1. The van der Waals surface area contributed by atoms with Gasteiger partial charge in [0.15, 0.2) is 0 Å². The molecule has 23 heavy (non-hydrogen) atoms. The van der Waals surface area contributed by atoms with Crippen LogP contribution in [0.25, 0.3) is 0 Å². The van der Waals surface area contributed by atoms with Gasteiger partial charge in [-0.05, 0) is 30.2 Å². The van der Waals surface area contributed by atoms with Crippen molar-refractivity contribution < 1.29 is 9.53 Å². The maximum atomic E-state index is 12.4. The van der Waals surface area contributed by atoms with Gasteiger partial charge in [0.1, 0.15) is 0 Å². The molecule has 0 atom stereocenters. The molecule has 1 heterocycles. The van der Waals surface area contributed by atoms with E-state index < -0.39 is 0 Å². The fraction of sp³-hybridized carbons (Fsp3) is 0.353. The van der Waals surface area contributed by atoms with E-state index in [1.807, 2.05) is 31.2 Å². The average molecular weight is 379 g/mol. The Morgan fingerprint density at radius 3 is 2.91 bits per heavy atom. The minimum Gasteiger partial charge on any atom is -0.465 e. The Hall–Kier alpha value is -1.95. The lowest BCUT2D eigenvalue weighted by atomic mass is 10.2. The molecule has 0 aliphatic carbocycles. The van der Waals surface area contributed by atoms with Gasteiger partial charge >= 0.3 is 5.97 Å². The number of carbonyl (C=O) groups excluding carboxylic acids is 1. The van der Waals surface area contributed by atoms with Crippen LogP contribution in [-0.4, -0.2) is 22.4 Å². The smallest absolute Gasteiger partial charge is 0.305 e. The molecule has 0 unspecified atom stereocenters. The van der Waals surface area contributed by atoms with E-state index in [4.69, 9.17) is 4.74 Å². The van der Waals surface area contributed by atoms with Crippen molar-refractivity contribution in [1.82, 2.24) is 9.78 Å². The van der Waals surface area contributed by atoms with E-state index in [9.17, 15) is 9.59 Å². The Balaban J connectivity index is 2.03. The largest absolute Gasteiger partial charge is 0.465 e. The van der Waals surface area contributed by atoms with Crippen LogP contribution < -0.4 is 5.56 Å². The summed E-state index contributed by atoms with van der Waals surface area (Å²) < 4.78 is 7.48. The Bertz CT molecular complexity index is 728. The van der Waals surface area contributed by atoms with Crippen LogP contribution >= 0.6 is 15.9 Å². The summed E-state index contributed by atoms with van der Waals surface area (Å²) in [6, 6.07) is 9.42. The van der Waals surface area contributed by atoms with Crippen molar-refractivity contribution in [2.75, 3.05) is 6.61 Å². The van der Waals surface area contributed by atoms with Gasteiger partial charge in [-0.3, -0.25) is 9.59 Å². The molecule has 2 aromatic rings. The number of hydrogen-bond acceptors (Lipinski definition) is 4. The van der Waals surface area contributed by atoms with Gasteiger partial charge in [0.25, 0.3) is 5.56 Å². The second-order valence-corrected chi connectivity index (χ2v) is 6.09. The van der Waals surface area contributed by atoms with Crippen molar-refractivity contribution in [3.05, 3.63) is 62.5 Å². The fourth-order valence-electron chi connectivity index (χ4n) is 2.16. The first-order valence-electron chi connectivity index (χ1n) is 7.55. The third-order valence-corrected chi connectivity index (χ3v) is 3.79. The molecule has 1 aromatic heterocycles. The van der Waals surface area contributed by atoms with Crippen LogP contribution in [0.3, 0.4) is 0 Å². The lowest BCUT2D eigenvalue weighted by Gasteiger charge is -2.08. The molecular formula is C17H19BrN2O3. The van der Waals surface area contributed by atoms with Crippen LogP contribution in [0.15, 0.2) is 45.8 Å². The number of aromatic nitrogens is 2. The van der Waals surface area contributed by atoms with Gasteiger partial charge in [-0.2, -0.15) is 5.10 Å². The van der Waals surface area contributed by atoms with E-state index in [1.54, 1.807) is 12.3 Å². The van der Waals surface area contributed by atoms with E-state index in [1.165, 1.54) is 4.68 Å². The highest BCUT2D eigenvalue weighted by Crippen LogP contribution is 2.12. The highest BCUT2D eigenvalue weighted by Gasteiger charge is 2.07. The molecule has 122 valence electrons. The molecule has 0 spiro atoms. The predicted octanol–water partition coefficient (Wildman–Crippen LogP) is 2.94. The molecule has 0 saturated heterocycles. The number of nitrogens with zero attached hydrogens (tertiary/aromatic N) is 2. The highest BCUT2D eigenvalue weighted by atomic mass is 79.9. The van der Waals surface area contributed by atoms with Crippen LogP contribution in [-0.2, 0) is 22.5 Å². The fourth-order valence-corrected chi connectivity index (χ4v) is 2.60. The van der Waals surface area contributed by atoms with Gasteiger partial charge in [-0.1, -0.05) is 35.0 Å². The average Bonchev–Trinajstić information content (AvgIpc) is 2.51. The molecule has 0 fully saturated rings. The van der Waals surface area contributed by atoms with Crippen molar-refractivity contribution in [3.63, 3.8) is 0 Å². The van der Waals surface area contributed by atoms with Crippen LogP contribution in [0.1, 0.15) is 30.9 Å². The number of rotatable bonds is 7. The van der Waals surface area contributed by atoms with Gasteiger partial charge in [-0.15, -0.1) is 0 Å². The molecule has 0 amide bonds. The molecule has 0 N–H and O–H groups in total. The molecule has 2 rings (SSSR count). The summed E-state index contributed by atoms with van der Waals surface area (Å²) in [5.41, 5.74) is 1.43. The standard InChI is InChI=1S/C17H19BrN2O3/c1-2-4-16(21)23-10-8-14-7-9-19-20(17(14)22)12-13-5-3-6-15(18)11-13/h3,5-7,9,11H,2,4,8,10,12H2,1H3. The maximum absolute atomic E-state index is 12.4. The monoisotopic (exact) mass is 378 g/mol. The first-order valence-corrected chi connectivity index (χ1v) is 8.34. The topological polar surface area (TPSA) is 61.2 Å². The minimum atomic E-state index is -0.226. The van der Waals surface area contributed by atoms with Crippen LogP contribution in [0, 0.1) is 0 Å². The summed E-state index contributed by atoms with van der Waals surface area (Å²) in [6.07, 6.45) is 3.16. The second kappa shape index (κ2) is 8.62. The van der Waals surface area contributed by atoms with Crippen LogP contribution in [0.4, 0.5) is 0 Å². The minimum absolute atomic E-state index is 0.154. The molecule has 6 heteroatoms. The Morgan fingerprint density at radius 1 is 1.35 bits per heavy atom. The number of carbonyl (C=O) groups is 1. The molecule has 5 nitrogen and oxygen atoms in total. The van der Waals surface area contributed by atoms with E-state index in [0.717, 1.165) is 16.5 Å². The summed E-state index contributed by atoms with van der Waals surface area (Å²) >= 11 is 3.41. The van der Waals surface area contributed by atoms with Crippen molar-refractivity contribution in [2.45, 2.75) is 32.7 Å². The summed E-state index contributed by atoms with van der Waals surface area (Å²) in [7, 11) is 0. The molecule has 0 saturated carbocycles. The number of esters is 1. The van der Waals surface area contributed by atoms with E-state index in [2.05, 4.69) is 21.0 Å². The third kappa shape index (κ3) is 5.32. The molecule has 1 aromatic carbocycles. The Morgan fingerprint density at radius 2 is 2.17 bits per heavy atom. The highest BCUT2D eigenvalue weighted by molar-refractivity contribution is 9.10. The number of ether oxygens (including phenoxy) is 1. The Labute approximate surface area is 143 Å². The van der Waals surface area contributed by atoms with E-state index >= 15 is 0 Å². The molecule has 0 aliphatic heterocycles.